The van der Waals surface area contributed by atoms with Crippen molar-refractivity contribution in [1.29, 1.82) is 0 Å². The normalized spacial score (nSPS) is 13.3. The first-order valence-corrected chi connectivity index (χ1v) is 8.98. The first-order chi connectivity index (χ1) is 13.2. The van der Waals surface area contributed by atoms with E-state index in [0.717, 1.165) is 12.8 Å². The molecule has 0 spiro atoms. The Balaban J connectivity index is 1.30. The van der Waals surface area contributed by atoms with Crippen LogP contribution in [0, 0.1) is 0 Å². The van der Waals surface area contributed by atoms with Gasteiger partial charge in [0.15, 0.2) is 5.82 Å². The van der Waals surface area contributed by atoms with Crippen LogP contribution >= 0.6 is 0 Å². The summed E-state index contributed by atoms with van der Waals surface area (Å²) in [6.07, 6.45) is 2.26. The fourth-order valence-corrected chi connectivity index (χ4v) is 3.19. The van der Waals surface area contributed by atoms with Crippen molar-refractivity contribution in [2.75, 3.05) is 6.54 Å². The molecule has 2 heterocycles. The summed E-state index contributed by atoms with van der Waals surface area (Å²) in [4.78, 5) is 27.5. The first kappa shape index (κ1) is 17.1. The van der Waals surface area contributed by atoms with Gasteiger partial charge in [-0.3, -0.25) is 14.5 Å². The number of rotatable bonds is 7. The van der Waals surface area contributed by atoms with Gasteiger partial charge in [-0.05, 0) is 35.8 Å². The van der Waals surface area contributed by atoms with Crippen molar-refractivity contribution in [1.82, 2.24) is 25.1 Å². The Kier molecular flexibility index (Phi) is 4.74. The quantitative estimate of drug-likeness (QED) is 0.602. The van der Waals surface area contributed by atoms with Crippen LogP contribution in [0.2, 0.25) is 0 Å². The fourth-order valence-electron chi connectivity index (χ4n) is 3.19. The van der Waals surface area contributed by atoms with Gasteiger partial charge in [0.1, 0.15) is 0 Å². The van der Waals surface area contributed by atoms with Crippen molar-refractivity contribution in [2.45, 2.75) is 25.8 Å². The Morgan fingerprint density at radius 1 is 0.778 bits per heavy atom. The highest BCUT2D eigenvalue weighted by Crippen LogP contribution is 2.22. The van der Waals surface area contributed by atoms with E-state index in [2.05, 4.69) is 27.5 Å². The Morgan fingerprint density at radius 2 is 1.44 bits per heavy atom. The molecular formula is C20H19N5O2. The Labute approximate surface area is 156 Å². The van der Waals surface area contributed by atoms with Gasteiger partial charge in [-0.15, -0.1) is 10.2 Å². The number of nitrogens with zero attached hydrogens (tertiary/aromatic N) is 5. The molecule has 0 fully saturated rings. The number of aryl methyl sites for hydroxylation is 2. The van der Waals surface area contributed by atoms with Crippen molar-refractivity contribution < 1.29 is 9.59 Å². The Hall–Kier alpha value is -3.35. The van der Waals surface area contributed by atoms with E-state index in [4.69, 9.17) is 0 Å². The number of carbonyl (C=O) groups excluding carboxylic acids is 2. The predicted molar refractivity (Wildman–Crippen MR) is 98.1 cm³/mol. The molecule has 0 saturated carbocycles. The first-order valence-electron chi connectivity index (χ1n) is 8.98. The summed E-state index contributed by atoms with van der Waals surface area (Å²) in [7, 11) is 0. The van der Waals surface area contributed by atoms with Gasteiger partial charge < -0.3 is 0 Å². The largest absolute Gasteiger partial charge is 0.274 e. The van der Waals surface area contributed by atoms with Gasteiger partial charge in [-0.25, -0.2) is 0 Å². The minimum Gasteiger partial charge on any atom is -0.274 e. The maximum atomic E-state index is 12.4. The lowest BCUT2D eigenvalue weighted by atomic mass is 10.1. The van der Waals surface area contributed by atoms with Crippen LogP contribution in [0.3, 0.4) is 0 Å². The molecule has 0 radical (unpaired) electrons. The highest BCUT2D eigenvalue weighted by Gasteiger charge is 2.34. The number of hydrogen-bond acceptors (Lipinski definition) is 5. The molecule has 3 aromatic rings. The van der Waals surface area contributed by atoms with Crippen molar-refractivity contribution >= 4 is 11.8 Å². The molecule has 0 saturated heterocycles. The minimum absolute atomic E-state index is 0.252. The monoisotopic (exact) mass is 361 g/mol. The van der Waals surface area contributed by atoms with E-state index < -0.39 is 0 Å². The third kappa shape index (κ3) is 3.62. The lowest BCUT2D eigenvalue weighted by Gasteiger charge is -2.11. The predicted octanol–water partition coefficient (Wildman–Crippen LogP) is 2.14. The topological polar surface area (TPSA) is 81.0 Å². The third-order valence-corrected chi connectivity index (χ3v) is 4.60. The van der Waals surface area contributed by atoms with E-state index in [0.29, 0.717) is 29.9 Å². The van der Waals surface area contributed by atoms with E-state index in [1.807, 2.05) is 18.2 Å². The molecular weight excluding hydrogens is 342 g/mol. The average molecular weight is 361 g/mol. The molecule has 136 valence electrons. The number of carbonyl (C=O) groups is 2. The SMILES string of the molecule is O=C1c2ccccc2C(=O)N1CCc1nnn(CCCc2ccccc2)n1. The molecule has 0 atom stereocenters. The molecule has 2 amide bonds. The summed E-state index contributed by atoms with van der Waals surface area (Å²) in [5.74, 6) is 0.0166. The van der Waals surface area contributed by atoms with Crippen LogP contribution in [-0.4, -0.2) is 43.5 Å². The number of tetrazole rings is 1. The molecule has 2 aromatic carbocycles. The molecule has 7 heteroatoms. The maximum absolute atomic E-state index is 12.4. The molecule has 4 rings (SSSR count). The standard InChI is InChI=1S/C20H19N5O2/c26-19-16-10-4-5-11-17(16)20(27)24(19)14-12-18-21-23-25(22-18)13-6-9-15-7-2-1-3-8-15/h1-5,7-8,10-11H,6,9,12-14H2. The van der Waals surface area contributed by atoms with E-state index in [9.17, 15) is 9.59 Å². The van der Waals surface area contributed by atoms with E-state index in [1.165, 1.54) is 10.5 Å². The molecule has 0 unspecified atom stereocenters. The zero-order chi connectivity index (χ0) is 18.6. The summed E-state index contributed by atoms with van der Waals surface area (Å²) in [5.41, 5.74) is 2.20. The summed E-state index contributed by atoms with van der Waals surface area (Å²) in [6, 6.07) is 17.1. The zero-order valence-electron chi connectivity index (χ0n) is 14.8. The number of imide groups is 1. The van der Waals surface area contributed by atoms with E-state index in [-0.39, 0.29) is 18.4 Å². The molecule has 1 aromatic heterocycles. The number of fused-ring (bicyclic) bond motifs is 1. The highest BCUT2D eigenvalue weighted by atomic mass is 16.2. The maximum Gasteiger partial charge on any atom is 0.261 e. The summed E-state index contributed by atoms with van der Waals surface area (Å²) >= 11 is 0. The van der Waals surface area contributed by atoms with Gasteiger partial charge in [0.2, 0.25) is 0 Å². The third-order valence-electron chi connectivity index (χ3n) is 4.60. The molecule has 27 heavy (non-hydrogen) atoms. The van der Waals surface area contributed by atoms with Gasteiger partial charge in [-0.2, -0.15) is 4.80 Å². The van der Waals surface area contributed by atoms with Crippen molar-refractivity contribution in [3.63, 3.8) is 0 Å². The average Bonchev–Trinajstić information content (AvgIpc) is 3.25. The summed E-state index contributed by atoms with van der Waals surface area (Å²) in [6.45, 7) is 0.928. The number of benzene rings is 2. The summed E-state index contributed by atoms with van der Waals surface area (Å²) < 4.78 is 0. The van der Waals surface area contributed by atoms with E-state index >= 15 is 0 Å². The smallest absolute Gasteiger partial charge is 0.261 e. The molecule has 1 aliphatic heterocycles. The second kappa shape index (κ2) is 7.49. The second-order valence-corrected chi connectivity index (χ2v) is 6.45. The van der Waals surface area contributed by atoms with Crippen LogP contribution in [0.1, 0.15) is 38.5 Å². The molecule has 0 bridgehead atoms. The fraction of sp³-hybridized carbons (Fsp3) is 0.250. The summed E-state index contributed by atoms with van der Waals surface area (Å²) in [5, 5.41) is 12.4. The highest BCUT2D eigenvalue weighted by molar-refractivity contribution is 6.21. The van der Waals surface area contributed by atoms with Gasteiger partial charge in [0.25, 0.3) is 11.8 Å². The lowest BCUT2D eigenvalue weighted by Crippen LogP contribution is -2.32. The van der Waals surface area contributed by atoms with Gasteiger partial charge in [0, 0.05) is 13.0 Å². The number of hydrogen-bond donors (Lipinski definition) is 0. The second-order valence-electron chi connectivity index (χ2n) is 6.45. The van der Waals surface area contributed by atoms with Crippen LogP contribution in [0.25, 0.3) is 0 Å². The lowest BCUT2D eigenvalue weighted by molar-refractivity contribution is 0.0655. The number of amides is 2. The molecule has 0 N–H and O–H groups in total. The van der Waals surface area contributed by atoms with Crippen LogP contribution in [0.5, 0.6) is 0 Å². The number of aromatic nitrogens is 4. The van der Waals surface area contributed by atoms with Crippen LogP contribution in [0.4, 0.5) is 0 Å². The van der Waals surface area contributed by atoms with Gasteiger partial charge in [0.05, 0.1) is 17.7 Å². The van der Waals surface area contributed by atoms with Crippen LogP contribution < -0.4 is 0 Å². The Bertz CT molecular complexity index is 932. The van der Waals surface area contributed by atoms with Crippen molar-refractivity contribution in [2.24, 2.45) is 0 Å². The molecule has 1 aliphatic rings. The van der Waals surface area contributed by atoms with Crippen LogP contribution in [-0.2, 0) is 19.4 Å². The van der Waals surface area contributed by atoms with Crippen molar-refractivity contribution in [3.05, 3.63) is 77.1 Å². The molecule has 7 nitrogen and oxygen atoms in total. The van der Waals surface area contributed by atoms with Crippen LogP contribution in [0.15, 0.2) is 54.6 Å². The molecule has 0 aliphatic carbocycles. The van der Waals surface area contributed by atoms with Crippen molar-refractivity contribution in [3.8, 4) is 0 Å². The minimum atomic E-state index is -0.258. The Morgan fingerprint density at radius 3 is 2.15 bits per heavy atom. The van der Waals surface area contributed by atoms with E-state index in [1.54, 1.807) is 29.1 Å². The zero-order valence-corrected chi connectivity index (χ0v) is 14.8. The van der Waals surface area contributed by atoms with Gasteiger partial charge >= 0.3 is 0 Å². The van der Waals surface area contributed by atoms with Gasteiger partial charge in [-0.1, -0.05) is 42.5 Å².